The number of benzene rings is 2. The van der Waals surface area contributed by atoms with Gasteiger partial charge in [0.15, 0.2) is 0 Å². The van der Waals surface area contributed by atoms with Crippen molar-refractivity contribution in [3.63, 3.8) is 0 Å². The van der Waals surface area contributed by atoms with E-state index in [2.05, 4.69) is 5.32 Å². The summed E-state index contributed by atoms with van der Waals surface area (Å²) >= 11 is 0. The van der Waals surface area contributed by atoms with Gasteiger partial charge < -0.3 is 19.7 Å². The molecule has 1 N–H and O–H groups in total. The molecule has 2 aromatic carbocycles. The molecule has 0 heterocycles. The van der Waals surface area contributed by atoms with Gasteiger partial charge in [-0.25, -0.2) is 0 Å². The number of anilines is 2. The largest absolute Gasteiger partial charge is 0.497 e. The fourth-order valence-corrected chi connectivity index (χ4v) is 1.98. The Hall–Kier alpha value is -2.69. The molecule has 0 saturated carbocycles. The van der Waals surface area contributed by atoms with Crippen LogP contribution in [0.4, 0.5) is 11.4 Å². The highest BCUT2D eigenvalue weighted by atomic mass is 16.5. The molecule has 22 heavy (non-hydrogen) atoms. The van der Waals surface area contributed by atoms with E-state index in [1.54, 1.807) is 32.4 Å². The smallest absolute Gasteiger partial charge is 0.255 e. The molecular weight excluding hydrogens is 280 g/mol. The van der Waals surface area contributed by atoms with Crippen LogP contribution in [0.3, 0.4) is 0 Å². The van der Waals surface area contributed by atoms with Crippen molar-refractivity contribution in [2.75, 3.05) is 38.5 Å². The van der Waals surface area contributed by atoms with E-state index in [0.29, 0.717) is 17.1 Å². The van der Waals surface area contributed by atoms with Crippen LogP contribution >= 0.6 is 0 Å². The van der Waals surface area contributed by atoms with E-state index in [1.807, 2.05) is 43.3 Å². The molecule has 0 aliphatic heterocycles. The minimum Gasteiger partial charge on any atom is -0.497 e. The van der Waals surface area contributed by atoms with Crippen molar-refractivity contribution in [2.24, 2.45) is 0 Å². The van der Waals surface area contributed by atoms with Crippen molar-refractivity contribution in [3.05, 3.63) is 48.0 Å². The first-order chi connectivity index (χ1) is 10.5. The van der Waals surface area contributed by atoms with Gasteiger partial charge in [-0.05, 0) is 36.4 Å². The molecule has 0 spiro atoms. The van der Waals surface area contributed by atoms with Crippen LogP contribution in [0.2, 0.25) is 0 Å². The van der Waals surface area contributed by atoms with Crippen molar-refractivity contribution in [3.8, 4) is 11.5 Å². The molecule has 0 radical (unpaired) electrons. The number of hydrogen-bond donors (Lipinski definition) is 1. The molecule has 1 amide bonds. The van der Waals surface area contributed by atoms with E-state index in [4.69, 9.17) is 9.47 Å². The predicted molar refractivity (Wildman–Crippen MR) is 88.3 cm³/mol. The molecule has 0 aliphatic carbocycles. The minimum atomic E-state index is -0.213. The summed E-state index contributed by atoms with van der Waals surface area (Å²) in [6, 6.07) is 12.7. The molecule has 0 aliphatic rings. The van der Waals surface area contributed by atoms with Crippen molar-refractivity contribution < 1.29 is 14.3 Å². The number of nitrogens with zero attached hydrogens (tertiary/aromatic N) is 1. The first-order valence-electron chi connectivity index (χ1n) is 6.85. The van der Waals surface area contributed by atoms with Gasteiger partial charge in [0.05, 0.1) is 14.2 Å². The number of carbonyl (C=O) groups is 1. The lowest BCUT2D eigenvalue weighted by molar-refractivity contribution is 0.102. The number of amides is 1. The summed E-state index contributed by atoms with van der Waals surface area (Å²) in [6.07, 6.45) is 0. The topological polar surface area (TPSA) is 50.8 Å². The molecule has 0 unspecified atom stereocenters. The van der Waals surface area contributed by atoms with Crippen LogP contribution in [0, 0.1) is 0 Å². The molecule has 5 heteroatoms. The van der Waals surface area contributed by atoms with Gasteiger partial charge in [0, 0.05) is 37.1 Å². The van der Waals surface area contributed by atoms with Gasteiger partial charge in [-0.1, -0.05) is 0 Å². The Morgan fingerprint density at radius 1 is 0.955 bits per heavy atom. The minimum absolute atomic E-state index is 0.213. The van der Waals surface area contributed by atoms with Crippen molar-refractivity contribution in [1.82, 2.24) is 0 Å². The second-order valence-corrected chi connectivity index (χ2v) is 5.00. The van der Waals surface area contributed by atoms with Gasteiger partial charge in [0.25, 0.3) is 5.91 Å². The molecule has 0 aromatic heterocycles. The molecule has 2 aromatic rings. The average Bonchev–Trinajstić information content (AvgIpc) is 2.54. The van der Waals surface area contributed by atoms with Crippen LogP contribution in [0.5, 0.6) is 11.5 Å². The Bertz CT molecular complexity index is 629. The summed E-state index contributed by atoms with van der Waals surface area (Å²) in [4.78, 5) is 14.3. The predicted octanol–water partition coefficient (Wildman–Crippen LogP) is 3.02. The standard InChI is InChI=1S/C17H20N2O3/c1-19(2)14-7-5-13(6-8-14)18-17(20)12-9-15(21-3)11-16(10-12)22-4/h5-11H,1-4H3,(H,18,20). The van der Waals surface area contributed by atoms with Crippen LogP contribution in [-0.2, 0) is 0 Å². The summed E-state index contributed by atoms with van der Waals surface area (Å²) in [5.74, 6) is 0.940. The summed E-state index contributed by atoms with van der Waals surface area (Å²) in [5.41, 5.74) is 2.28. The highest BCUT2D eigenvalue weighted by Crippen LogP contribution is 2.23. The monoisotopic (exact) mass is 300 g/mol. The normalized spacial score (nSPS) is 10.0. The number of carbonyl (C=O) groups excluding carboxylic acids is 1. The molecule has 0 atom stereocenters. The zero-order valence-corrected chi connectivity index (χ0v) is 13.2. The third-order valence-corrected chi connectivity index (χ3v) is 3.26. The lowest BCUT2D eigenvalue weighted by atomic mass is 10.1. The fraction of sp³-hybridized carbons (Fsp3) is 0.235. The third kappa shape index (κ3) is 3.69. The number of hydrogen-bond acceptors (Lipinski definition) is 4. The van der Waals surface area contributed by atoms with E-state index in [1.165, 1.54) is 0 Å². The molecule has 0 saturated heterocycles. The Morgan fingerprint density at radius 3 is 1.95 bits per heavy atom. The van der Waals surface area contributed by atoms with E-state index >= 15 is 0 Å². The maximum absolute atomic E-state index is 12.3. The van der Waals surface area contributed by atoms with E-state index in [0.717, 1.165) is 11.4 Å². The molecule has 2 rings (SSSR count). The third-order valence-electron chi connectivity index (χ3n) is 3.26. The molecule has 5 nitrogen and oxygen atoms in total. The summed E-state index contributed by atoms with van der Waals surface area (Å²) in [6.45, 7) is 0. The highest BCUT2D eigenvalue weighted by molar-refractivity contribution is 6.04. The highest BCUT2D eigenvalue weighted by Gasteiger charge is 2.10. The zero-order valence-electron chi connectivity index (χ0n) is 13.2. The first-order valence-corrected chi connectivity index (χ1v) is 6.85. The Morgan fingerprint density at radius 2 is 1.50 bits per heavy atom. The molecule has 116 valence electrons. The van der Waals surface area contributed by atoms with Crippen molar-refractivity contribution in [1.29, 1.82) is 0 Å². The number of rotatable bonds is 5. The molecule has 0 fully saturated rings. The lowest BCUT2D eigenvalue weighted by Crippen LogP contribution is -2.13. The maximum atomic E-state index is 12.3. The lowest BCUT2D eigenvalue weighted by Gasteiger charge is -2.13. The SMILES string of the molecule is COc1cc(OC)cc(C(=O)Nc2ccc(N(C)C)cc2)c1. The van der Waals surface area contributed by atoms with E-state index < -0.39 is 0 Å². The second-order valence-electron chi connectivity index (χ2n) is 5.00. The molecule has 0 bridgehead atoms. The van der Waals surface area contributed by atoms with Gasteiger partial charge in [0.1, 0.15) is 11.5 Å². The summed E-state index contributed by atoms with van der Waals surface area (Å²) < 4.78 is 10.3. The number of nitrogens with one attached hydrogen (secondary N) is 1. The summed E-state index contributed by atoms with van der Waals surface area (Å²) in [7, 11) is 7.04. The quantitative estimate of drug-likeness (QED) is 0.922. The Labute approximate surface area is 130 Å². The van der Waals surface area contributed by atoms with Gasteiger partial charge in [-0.3, -0.25) is 4.79 Å². The zero-order chi connectivity index (χ0) is 16.1. The van der Waals surface area contributed by atoms with Crippen molar-refractivity contribution in [2.45, 2.75) is 0 Å². The fourth-order valence-electron chi connectivity index (χ4n) is 1.98. The average molecular weight is 300 g/mol. The van der Waals surface area contributed by atoms with E-state index in [9.17, 15) is 4.79 Å². The maximum Gasteiger partial charge on any atom is 0.255 e. The van der Waals surface area contributed by atoms with Crippen LogP contribution in [0.1, 0.15) is 10.4 Å². The Kier molecular flexibility index (Phi) is 4.88. The van der Waals surface area contributed by atoms with Gasteiger partial charge in [0.2, 0.25) is 0 Å². The van der Waals surface area contributed by atoms with E-state index in [-0.39, 0.29) is 5.91 Å². The first kappa shape index (κ1) is 15.7. The second kappa shape index (κ2) is 6.85. The summed E-state index contributed by atoms with van der Waals surface area (Å²) in [5, 5.41) is 2.86. The van der Waals surface area contributed by atoms with Crippen LogP contribution in [-0.4, -0.2) is 34.2 Å². The van der Waals surface area contributed by atoms with Gasteiger partial charge in [-0.15, -0.1) is 0 Å². The van der Waals surface area contributed by atoms with Crippen LogP contribution < -0.4 is 19.7 Å². The van der Waals surface area contributed by atoms with Crippen molar-refractivity contribution >= 4 is 17.3 Å². The van der Waals surface area contributed by atoms with Crippen LogP contribution in [0.25, 0.3) is 0 Å². The number of ether oxygens (including phenoxy) is 2. The van der Waals surface area contributed by atoms with Gasteiger partial charge in [-0.2, -0.15) is 0 Å². The number of methoxy groups -OCH3 is 2. The molecular formula is C17H20N2O3. The van der Waals surface area contributed by atoms with Gasteiger partial charge >= 0.3 is 0 Å². The Balaban J connectivity index is 2.18. The van der Waals surface area contributed by atoms with Crippen LogP contribution in [0.15, 0.2) is 42.5 Å².